The first-order valence-electron chi connectivity index (χ1n) is 10.3. The molecule has 30 heavy (non-hydrogen) atoms. The quantitative estimate of drug-likeness (QED) is 0.371. The van der Waals surface area contributed by atoms with Crippen molar-refractivity contribution in [3.63, 3.8) is 0 Å². The van der Waals surface area contributed by atoms with Gasteiger partial charge in [0.05, 0.1) is 0 Å². The van der Waals surface area contributed by atoms with Gasteiger partial charge in [-0.3, -0.25) is 9.11 Å². The molecule has 0 saturated heterocycles. The summed E-state index contributed by atoms with van der Waals surface area (Å²) in [6.45, 7) is 25.0. The Morgan fingerprint density at radius 3 is 0.867 bits per heavy atom. The van der Waals surface area contributed by atoms with Gasteiger partial charge in [0, 0.05) is 5.57 Å². The Kier molecular flexibility index (Phi) is 36.8. The van der Waals surface area contributed by atoms with Crippen molar-refractivity contribution in [2.45, 2.75) is 54.9 Å². The van der Waals surface area contributed by atoms with Crippen LogP contribution in [0.25, 0.3) is 0 Å². The molecule has 0 rings (SSSR count). The zero-order chi connectivity index (χ0) is 25.3. The van der Waals surface area contributed by atoms with Gasteiger partial charge in [0.1, 0.15) is 0 Å². The molecule has 0 aliphatic carbocycles. The number of aliphatic carboxylic acids is 1. The Morgan fingerprint density at radius 1 is 0.700 bits per heavy atom. The van der Waals surface area contributed by atoms with Crippen molar-refractivity contribution in [3.8, 4) is 0 Å². The summed E-state index contributed by atoms with van der Waals surface area (Å²) in [4.78, 5) is 16.6. The van der Waals surface area contributed by atoms with Crippen molar-refractivity contribution < 1.29 is 27.4 Å². The Labute approximate surface area is 186 Å². The van der Waals surface area contributed by atoms with Crippen LogP contribution in [0.15, 0.2) is 12.2 Å². The summed E-state index contributed by atoms with van der Waals surface area (Å²) >= 11 is 0. The van der Waals surface area contributed by atoms with Crippen LogP contribution in [-0.2, 0) is 15.2 Å². The van der Waals surface area contributed by atoms with Gasteiger partial charge in [-0.2, -0.15) is 8.42 Å². The standard InChI is InChI=1S/3C5H13N.C5H8O2.H2O4S/c3*1-4-6(3)5-2;1-3-4(2)5(6)7;1-5(2,3)4/h3*4-5H2,1-3H3;2-3H2,1H3,(H,6,7);(H2,1,2,3,4). The van der Waals surface area contributed by atoms with Crippen molar-refractivity contribution in [1.29, 1.82) is 0 Å². The minimum absolute atomic E-state index is 0.264. The number of nitrogens with zero attached hydrogens (tertiary/aromatic N) is 3. The summed E-state index contributed by atoms with van der Waals surface area (Å²) in [5.41, 5.74) is 0.264. The highest BCUT2D eigenvalue weighted by molar-refractivity contribution is 7.79. The van der Waals surface area contributed by atoms with E-state index in [9.17, 15) is 4.79 Å². The third-order valence-corrected chi connectivity index (χ3v) is 3.97. The van der Waals surface area contributed by atoms with Crippen LogP contribution < -0.4 is 0 Å². The number of carboxylic acids is 1. The summed E-state index contributed by atoms with van der Waals surface area (Å²) in [6.07, 6.45) is 0.523. The van der Waals surface area contributed by atoms with Crippen LogP contribution in [0.3, 0.4) is 0 Å². The summed E-state index contributed by atoms with van der Waals surface area (Å²) in [5.74, 6) is -0.900. The monoisotopic (exact) mass is 459 g/mol. The average molecular weight is 460 g/mol. The summed E-state index contributed by atoms with van der Waals surface area (Å²) in [6, 6.07) is 0. The Morgan fingerprint density at radius 2 is 0.867 bits per heavy atom. The van der Waals surface area contributed by atoms with E-state index in [0.29, 0.717) is 6.42 Å². The molecule has 0 heterocycles. The lowest BCUT2D eigenvalue weighted by atomic mass is 10.2. The predicted molar refractivity (Wildman–Crippen MR) is 128 cm³/mol. The van der Waals surface area contributed by atoms with Crippen molar-refractivity contribution in [3.05, 3.63) is 12.2 Å². The zero-order valence-electron chi connectivity index (χ0n) is 21.0. The number of carboxylic acid groups (broad SMARTS) is 1. The molecule has 0 aromatic heterocycles. The number of rotatable bonds is 8. The maximum absolute atomic E-state index is 9.83. The van der Waals surface area contributed by atoms with Gasteiger partial charge in [0.15, 0.2) is 0 Å². The van der Waals surface area contributed by atoms with E-state index in [0.717, 1.165) is 39.3 Å². The van der Waals surface area contributed by atoms with E-state index in [2.05, 4.69) is 84.0 Å². The van der Waals surface area contributed by atoms with E-state index < -0.39 is 16.4 Å². The lowest BCUT2D eigenvalue weighted by Crippen LogP contribution is -2.15. The lowest BCUT2D eigenvalue weighted by Gasteiger charge is -2.07. The normalized spacial score (nSPS) is 9.83. The fourth-order valence-corrected chi connectivity index (χ4v) is 0.822. The first-order chi connectivity index (χ1) is 13.6. The van der Waals surface area contributed by atoms with Gasteiger partial charge < -0.3 is 19.8 Å². The molecular formula is C20H49N3O6S. The van der Waals surface area contributed by atoms with E-state index >= 15 is 0 Å². The van der Waals surface area contributed by atoms with Gasteiger partial charge in [-0.15, -0.1) is 0 Å². The van der Waals surface area contributed by atoms with E-state index in [4.69, 9.17) is 22.6 Å². The minimum Gasteiger partial charge on any atom is -0.478 e. The molecule has 0 radical (unpaired) electrons. The maximum Gasteiger partial charge on any atom is 0.394 e. The first-order valence-corrected chi connectivity index (χ1v) is 11.7. The summed E-state index contributed by atoms with van der Waals surface area (Å²) in [5, 5.41) is 8.08. The second kappa shape index (κ2) is 28.0. The van der Waals surface area contributed by atoms with Gasteiger partial charge in [0.2, 0.25) is 0 Å². The molecule has 0 aromatic carbocycles. The van der Waals surface area contributed by atoms with Crippen LogP contribution in [0, 0.1) is 0 Å². The second-order valence-electron chi connectivity index (χ2n) is 6.18. The van der Waals surface area contributed by atoms with Crippen LogP contribution in [0.2, 0.25) is 0 Å². The SMILES string of the molecule is C=C(CC)C(=O)O.CCN(C)CC.CCN(C)CC.CCN(C)CC.O=S(=O)(O)O. The Bertz CT molecular complexity index is 429. The third kappa shape index (κ3) is 63.2. The van der Waals surface area contributed by atoms with E-state index in [1.807, 2.05) is 0 Å². The molecular weight excluding hydrogens is 410 g/mol. The van der Waals surface area contributed by atoms with Crippen LogP contribution in [0.5, 0.6) is 0 Å². The van der Waals surface area contributed by atoms with Gasteiger partial charge in [-0.05, 0) is 66.8 Å². The first kappa shape index (κ1) is 39.4. The largest absolute Gasteiger partial charge is 0.478 e. The highest BCUT2D eigenvalue weighted by atomic mass is 32.3. The van der Waals surface area contributed by atoms with Gasteiger partial charge >= 0.3 is 16.4 Å². The fraction of sp³-hybridized carbons (Fsp3) is 0.850. The van der Waals surface area contributed by atoms with E-state index in [-0.39, 0.29) is 5.57 Å². The molecule has 0 atom stereocenters. The molecule has 0 saturated carbocycles. The van der Waals surface area contributed by atoms with Crippen molar-refractivity contribution in [2.24, 2.45) is 0 Å². The number of hydrogen-bond acceptors (Lipinski definition) is 6. The van der Waals surface area contributed by atoms with Gasteiger partial charge in [-0.25, -0.2) is 4.79 Å². The molecule has 0 aliphatic heterocycles. The third-order valence-electron chi connectivity index (χ3n) is 3.97. The molecule has 0 spiro atoms. The van der Waals surface area contributed by atoms with Crippen LogP contribution in [-0.4, -0.2) is 104 Å². The molecule has 0 amide bonds. The Balaban J connectivity index is -0.0000000872. The lowest BCUT2D eigenvalue weighted by molar-refractivity contribution is -0.132. The molecule has 186 valence electrons. The van der Waals surface area contributed by atoms with Crippen LogP contribution in [0.1, 0.15) is 54.9 Å². The topological polar surface area (TPSA) is 122 Å². The molecule has 3 N–H and O–H groups in total. The average Bonchev–Trinajstić information content (AvgIpc) is 2.71. The van der Waals surface area contributed by atoms with Crippen molar-refractivity contribution in [1.82, 2.24) is 14.7 Å². The molecule has 0 aromatic rings. The van der Waals surface area contributed by atoms with E-state index in [1.54, 1.807) is 6.92 Å². The smallest absolute Gasteiger partial charge is 0.394 e. The molecule has 10 heteroatoms. The number of carbonyl (C=O) groups is 1. The van der Waals surface area contributed by atoms with E-state index in [1.165, 1.54) is 0 Å². The van der Waals surface area contributed by atoms with Crippen molar-refractivity contribution >= 4 is 16.4 Å². The molecule has 9 nitrogen and oxygen atoms in total. The van der Waals surface area contributed by atoms with Gasteiger partial charge in [0.25, 0.3) is 0 Å². The second-order valence-corrected chi connectivity index (χ2v) is 7.07. The highest BCUT2D eigenvalue weighted by Gasteiger charge is 1.96. The van der Waals surface area contributed by atoms with Crippen LogP contribution >= 0.6 is 0 Å². The molecule has 0 bridgehead atoms. The maximum atomic E-state index is 9.83. The van der Waals surface area contributed by atoms with Crippen molar-refractivity contribution in [2.75, 3.05) is 60.4 Å². The fourth-order valence-electron chi connectivity index (χ4n) is 0.822. The molecule has 0 aliphatic rings. The molecule has 0 fully saturated rings. The summed E-state index contributed by atoms with van der Waals surface area (Å²) in [7, 11) is 1.67. The van der Waals surface area contributed by atoms with Crippen LogP contribution in [0.4, 0.5) is 0 Å². The summed E-state index contributed by atoms with van der Waals surface area (Å²) < 4.78 is 31.6. The Hall–Kier alpha value is -1.04. The highest BCUT2D eigenvalue weighted by Crippen LogP contribution is 1.93. The predicted octanol–water partition coefficient (Wildman–Crippen LogP) is 3.26. The molecule has 0 unspecified atom stereocenters. The zero-order valence-corrected chi connectivity index (χ0v) is 21.8. The minimum atomic E-state index is -4.67. The number of hydrogen-bond donors (Lipinski definition) is 3. The van der Waals surface area contributed by atoms with Gasteiger partial charge in [-0.1, -0.05) is 55.0 Å².